The summed E-state index contributed by atoms with van der Waals surface area (Å²) in [6.07, 6.45) is 4.57. The molecule has 0 aliphatic rings. The van der Waals surface area contributed by atoms with Crippen molar-refractivity contribution in [1.29, 1.82) is 0 Å². The van der Waals surface area contributed by atoms with E-state index in [4.69, 9.17) is 33.5 Å². The van der Waals surface area contributed by atoms with Crippen LogP contribution in [0.3, 0.4) is 0 Å². The van der Waals surface area contributed by atoms with E-state index in [2.05, 4.69) is 23.4 Å². The number of hydrogen-bond acceptors (Lipinski definition) is 2. The molecule has 6 heteroatoms. The van der Waals surface area contributed by atoms with E-state index >= 15 is 0 Å². The smallest absolute Gasteiger partial charge is 0.268 e. The summed E-state index contributed by atoms with van der Waals surface area (Å²) in [6, 6.07) is 18.9. The van der Waals surface area contributed by atoms with Crippen LogP contribution in [0.4, 0.5) is 0 Å². The summed E-state index contributed by atoms with van der Waals surface area (Å²) >= 11 is 0. The Labute approximate surface area is 461 Å². The first-order valence-electron chi connectivity index (χ1n) is 33.4. The summed E-state index contributed by atoms with van der Waals surface area (Å²) in [6.45, 7) is 2.62. The number of imidazole rings is 1. The molecular weight excluding hydrogens is 1050 g/mol. The molecule has 0 aliphatic carbocycles. The van der Waals surface area contributed by atoms with Crippen LogP contribution in [0.1, 0.15) is 63.4 Å². The molecule has 12 aromatic rings. The number of rotatable bonds is 9. The quantitative estimate of drug-likeness (QED) is 0.107. The molecule has 0 radical (unpaired) electrons. The number of pyridine rings is 1. The molecule has 0 unspecified atom stereocenters. The van der Waals surface area contributed by atoms with Crippen molar-refractivity contribution < 1.29 is 61.9 Å². The fourth-order valence-corrected chi connectivity index (χ4v) is 8.63. The molecule has 3 heterocycles. The zero-order valence-corrected chi connectivity index (χ0v) is 40.0. The number of benzene rings is 9. The van der Waals surface area contributed by atoms with E-state index in [1.807, 2.05) is 32.9 Å². The Hall–Kier alpha value is -8.11. The molecule has 0 amide bonds. The zero-order chi connectivity index (χ0) is 67.3. The molecule has 0 spiro atoms. The molecule has 0 fully saturated rings. The molecule has 9 aromatic carbocycles. The number of hydrogen-bond donors (Lipinski definition) is 0. The van der Waals surface area contributed by atoms with Crippen molar-refractivity contribution in [1.82, 2.24) is 14.1 Å². The first kappa shape index (κ1) is 26.2. The predicted octanol–water partition coefficient (Wildman–Crippen LogP) is 15.9. The first-order chi connectivity index (χ1) is 43.7. The van der Waals surface area contributed by atoms with Gasteiger partial charge in [-0.2, -0.15) is 18.2 Å². The summed E-state index contributed by atoms with van der Waals surface area (Å²) in [5, 5.41) is 1.37. The fourth-order valence-electron chi connectivity index (χ4n) is 8.63. The SMILES string of the molecule is [2H]c1c([2H])c([2H])c(-c2cc(-c3c([2H])c([2H])c([2H])c([2H])c3[2H])c(-[n+]3[c-]n(-c4[c-]c(Oc5[c-]c6c(cc5)c5ccccc5n6-c5cc(C([2H])([2H])[2H])c(-c6c([2H])c([2H])c([2H])c([2H])c6[2H])cn5)ccc4)c4cc(-c5c([2H])c([2H])c([2H])c([2H])c5[2H])ccc43)c(C(C)(C)C)c2)c([2H])c1[2H].[Pt]. The average Bonchev–Trinajstić information content (AvgIpc) is 1.38. The summed E-state index contributed by atoms with van der Waals surface area (Å²) in [7, 11) is 0. The van der Waals surface area contributed by atoms with E-state index in [-0.39, 0.29) is 105 Å². The molecule has 0 N–H and O–H groups in total. The van der Waals surface area contributed by atoms with Gasteiger partial charge in [0.2, 0.25) is 0 Å². The van der Waals surface area contributed by atoms with Crippen LogP contribution in [0.15, 0.2) is 218 Å². The number of fused-ring (bicyclic) bond motifs is 4. The van der Waals surface area contributed by atoms with Crippen LogP contribution < -0.4 is 9.30 Å². The standard InChI is InChI=1S/C65H48N4O.Pt/c1-44-36-63(66-42-57(44)48-26-15-8-16-27-48)69-59-31-18-17-30-54(59)55-34-33-53(41-61(55)69)70-52-29-19-28-51(40-52)67-43-68(60-35-32-49(39-62(60)67)45-20-9-5-10-21-45)64-56(47-24-13-7-14-25-47)37-50(38-58(64)65(2,3)4)46-22-11-6-12-23-46;/h5-39,42H,1-4H3;/q-2;/i1D3,5D,6D,7D,8D,9D,10D,11D,12D,13D,14D,15D,16D,20D,21D,22D,23D,24D,25D,26D,27D;. The summed E-state index contributed by atoms with van der Waals surface area (Å²) in [5.41, 5.74) is -0.0123. The van der Waals surface area contributed by atoms with Gasteiger partial charge in [-0.15, -0.1) is 29.7 Å². The number of ether oxygens (including phenoxy) is 1. The van der Waals surface area contributed by atoms with Crippen LogP contribution in [0.25, 0.3) is 94.5 Å². The van der Waals surface area contributed by atoms with Gasteiger partial charge in [0.15, 0.2) is 0 Å². The van der Waals surface area contributed by atoms with Crippen molar-refractivity contribution in [2.75, 3.05) is 0 Å². The monoisotopic (exact) mass is 1120 g/mol. The van der Waals surface area contributed by atoms with Crippen LogP contribution in [0.5, 0.6) is 11.5 Å². The first-order valence-corrected chi connectivity index (χ1v) is 21.9. The molecule has 5 nitrogen and oxygen atoms in total. The Balaban J connectivity index is 0.00000901. The summed E-state index contributed by atoms with van der Waals surface area (Å²) in [4.78, 5) is 4.66. The van der Waals surface area contributed by atoms with Gasteiger partial charge in [-0.3, -0.25) is 4.57 Å². The second-order valence-electron chi connectivity index (χ2n) is 17.2. The number of aryl methyl sites for hydroxylation is 1. The molecule has 71 heavy (non-hydrogen) atoms. The third-order valence-electron chi connectivity index (χ3n) is 11.8. The third kappa shape index (κ3) is 8.47. The second kappa shape index (κ2) is 18.7. The Morgan fingerprint density at radius 3 is 1.92 bits per heavy atom. The average molecular weight is 1120 g/mol. The molecular formula is C65H48N4OPt-2. The van der Waals surface area contributed by atoms with Crippen LogP contribution in [0, 0.1) is 25.3 Å². The van der Waals surface area contributed by atoms with Gasteiger partial charge in [0.1, 0.15) is 5.82 Å². The second-order valence-corrected chi connectivity index (χ2v) is 17.2. The van der Waals surface area contributed by atoms with Gasteiger partial charge in [-0.1, -0.05) is 184 Å². The van der Waals surface area contributed by atoms with Crippen LogP contribution in [-0.2, 0) is 26.5 Å². The fraction of sp³-hybridized carbons (Fsp3) is 0.0769. The van der Waals surface area contributed by atoms with E-state index in [0.717, 1.165) is 5.39 Å². The van der Waals surface area contributed by atoms with Gasteiger partial charge in [0.05, 0.1) is 44.1 Å². The van der Waals surface area contributed by atoms with Gasteiger partial charge >= 0.3 is 0 Å². The maximum Gasteiger partial charge on any atom is 0.268 e. The van der Waals surface area contributed by atoms with E-state index in [1.54, 1.807) is 69.8 Å². The molecule has 12 rings (SSSR count). The number of para-hydroxylation sites is 1. The molecule has 0 atom stereocenters. The third-order valence-corrected chi connectivity index (χ3v) is 11.8. The molecule has 0 bridgehead atoms. The van der Waals surface area contributed by atoms with Crippen molar-refractivity contribution in [3.05, 3.63) is 248 Å². The van der Waals surface area contributed by atoms with Gasteiger partial charge < -0.3 is 13.9 Å². The molecule has 346 valence electrons. The summed E-state index contributed by atoms with van der Waals surface area (Å²) in [5.74, 6) is 0.312. The van der Waals surface area contributed by atoms with Crippen LogP contribution in [-0.4, -0.2) is 14.1 Å². The molecule has 0 saturated carbocycles. The van der Waals surface area contributed by atoms with Crippen molar-refractivity contribution in [3.8, 4) is 73.2 Å². The van der Waals surface area contributed by atoms with E-state index in [0.29, 0.717) is 27.5 Å². The zero-order valence-electron chi connectivity index (χ0n) is 60.8. The Kier molecular flexibility index (Phi) is 6.88. The normalized spacial score (nSPS) is 16.3. The Bertz CT molecular complexity index is 5130. The minimum Gasteiger partial charge on any atom is -0.510 e. The largest absolute Gasteiger partial charge is 0.510 e. The molecule has 0 saturated heterocycles. The predicted molar refractivity (Wildman–Crippen MR) is 285 cm³/mol. The Morgan fingerprint density at radius 2 is 1.23 bits per heavy atom. The van der Waals surface area contributed by atoms with Crippen molar-refractivity contribution in [2.24, 2.45) is 0 Å². The van der Waals surface area contributed by atoms with Crippen LogP contribution >= 0.6 is 0 Å². The number of nitrogens with zero attached hydrogens (tertiary/aromatic N) is 4. The van der Waals surface area contributed by atoms with E-state index in [1.165, 1.54) is 29.0 Å². The topological polar surface area (TPSA) is 35.9 Å². The minimum atomic E-state index is -2.87. The minimum absolute atomic E-state index is 0. The van der Waals surface area contributed by atoms with Gasteiger partial charge in [0, 0.05) is 54.0 Å². The van der Waals surface area contributed by atoms with Crippen LogP contribution in [0.2, 0.25) is 0 Å². The van der Waals surface area contributed by atoms with Gasteiger partial charge in [-0.25, -0.2) is 4.98 Å². The Morgan fingerprint density at radius 1 is 0.577 bits per heavy atom. The van der Waals surface area contributed by atoms with Crippen molar-refractivity contribution in [3.63, 3.8) is 0 Å². The van der Waals surface area contributed by atoms with Crippen molar-refractivity contribution >= 4 is 32.8 Å². The summed E-state index contributed by atoms with van der Waals surface area (Å²) < 4.78 is 211. The molecule has 3 aromatic heterocycles. The van der Waals surface area contributed by atoms with Gasteiger partial charge in [-0.05, 0) is 97.7 Å². The van der Waals surface area contributed by atoms with Crippen molar-refractivity contribution in [2.45, 2.75) is 33.0 Å². The number of aromatic nitrogens is 4. The maximum atomic E-state index is 9.36. The van der Waals surface area contributed by atoms with E-state index in [9.17, 15) is 2.74 Å². The van der Waals surface area contributed by atoms with E-state index < -0.39 is 133 Å². The molecule has 0 aliphatic heterocycles. The van der Waals surface area contributed by atoms with Gasteiger partial charge in [0.25, 0.3) is 6.33 Å². The maximum absolute atomic E-state index is 9.36.